The number of aromatic nitrogens is 1. The summed E-state index contributed by atoms with van der Waals surface area (Å²) in [7, 11) is 0. The molecule has 1 aromatic heterocycles. The zero-order chi connectivity index (χ0) is 10.8. The van der Waals surface area contributed by atoms with Crippen LogP contribution < -0.4 is 5.43 Å². The summed E-state index contributed by atoms with van der Waals surface area (Å²) in [5.41, 5.74) is 3.86. The molecule has 1 heterocycles. The van der Waals surface area contributed by atoms with Crippen molar-refractivity contribution in [3.63, 3.8) is 0 Å². The molecule has 0 aliphatic rings. The number of benzene rings is 1. The molecule has 0 bridgehead atoms. The van der Waals surface area contributed by atoms with Gasteiger partial charge in [-0.05, 0) is 19.1 Å². The lowest BCUT2D eigenvalue weighted by Crippen LogP contribution is -2.31. The molecule has 2 N–H and O–H groups in total. The quantitative estimate of drug-likeness (QED) is 0.799. The SMILES string of the molecule is CC(Nn1ccc2ccccc21)C(=O)O. The van der Waals surface area contributed by atoms with Crippen LogP contribution in [0.4, 0.5) is 0 Å². The number of nitrogens with one attached hydrogen (secondary N) is 1. The van der Waals surface area contributed by atoms with Crippen LogP contribution in [0.3, 0.4) is 0 Å². The molecule has 4 nitrogen and oxygen atoms in total. The van der Waals surface area contributed by atoms with Gasteiger partial charge in [-0.1, -0.05) is 18.2 Å². The Morgan fingerprint density at radius 3 is 2.87 bits per heavy atom. The van der Waals surface area contributed by atoms with E-state index < -0.39 is 12.0 Å². The van der Waals surface area contributed by atoms with Crippen molar-refractivity contribution in [3.8, 4) is 0 Å². The first kappa shape index (κ1) is 9.58. The van der Waals surface area contributed by atoms with E-state index in [1.165, 1.54) is 0 Å². The first-order chi connectivity index (χ1) is 7.18. The largest absolute Gasteiger partial charge is 0.480 e. The van der Waals surface area contributed by atoms with Gasteiger partial charge in [-0.15, -0.1) is 0 Å². The van der Waals surface area contributed by atoms with Gasteiger partial charge in [0.1, 0.15) is 6.04 Å². The second-order valence-electron chi connectivity index (χ2n) is 3.43. The van der Waals surface area contributed by atoms with Crippen molar-refractivity contribution in [2.45, 2.75) is 13.0 Å². The number of para-hydroxylation sites is 1. The highest BCUT2D eigenvalue weighted by molar-refractivity contribution is 5.81. The Balaban J connectivity index is 2.32. The summed E-state index contributed by atoms with van der Waals surface area (Å²) in [4.78, 5) is 10.7. The monoisotopic (exact) mass is 204 g/mol. The fourth-order valence-corrected chi connectivity index (χ4v) is 1.46. The van der Waals surface area contributed by atoms with Gasteiger partial charge in [-0.25, -0.2) is 4.79 Å². The lowest BCUT2D eigenvalue weighted by molar-refractivity contribution is -0.137. The smallest absolute Gasteiger partial charge is 0.327 e. The van der Waals surface area contributed by atoms with Crippen LogP contribution in [0.5, 0.6) is 0 Å². The second-order valence-corrected chi connectivity index (χ2v) is 3.43. The van der Waals surface area contributed by atoms with Crippen molar-refractivity contribution in [1.29, 1.82) is 0 Å². The van der Waals surface area contributed by atoms with Gasteiger partial charge >= 0.3 is 5.97 Å². The highest BCUT2D eigenvalue weighted by Crippen LogP contribution is 2.13. The van der Waals surface area contributed by atoms with Crippen LogP contribution in [0.15, 0.2) is 36.5 Å². The molecule has 2 aromatic rings. The van der Waals surface area contributed by atoms with E-state index in [1.807, 2.05) is 36.5 Å². The minimum absolute atomic E-state index is 0.610. The molecule has 0 amide bonds. The van der Waals surface area contributed by atoms with E-state index in [0.717, 1.165) is 10.9 Å². The standard InChI is InChI=1S/C11H12N2O2/c1-8(11(14)15)12-13-7-6-9-4-2-3-5-10(9)13/h2-8,12H,1H3,(H,14,15). The van der Waals surface area contributed by atoms with E-state index in [4.69, 9.17) is 5.11 Å². The van der Waals surface area contributed by atoms with Crippen LogP contribution in [-0.2, 0) is 4.79 Å². The maximum atomic E-state index is 10.7. The van der Waals surface area contributed by atoms with Gasteiger partial charge in [0.15, 0.2) is 0 Å². The molecule has 0 spiro atoms. The number of rotatable bonds is 3. The van der Waals surface area contributed by atoms with Gasteiger partial charge in [0.2, 0.25) is 0 Å². The zero-order valence-electron chi connectivity index (χ0n) is 8.34. The maximum Gasteiger partial charge on any atom is 0.327 e. The summed E-state index contributed by atoms with van der Waals surface area (Å²) in [6.07, 6.45) is 1.82. The lowest BCUT2D eigenvalue weighted by Gasteiger charge is -2.12. The molecule has 0 radical (unpaired) electrons. The molecule has 78 valence electrons. The number of hydrogen-bond acceptors (Lipinski definition) is 2. The van der Waals surface area contributed by atoms with Crippen molar-refractivity contribution >= 4 is 16.9 Å². The van der Waals surface area contributed by atoms with E-state index in [0.29, 0.717) is 0 Å². The minimum atomic E-state index is -0.868. The second kappa shape index (κ2) is 3.65. The fourth-order valence-electron chi connectivity index (χ4n) is 1.46. The Hall–Kier alpha value is -1.97. The molecular formula is C11H12N2O2. The summed E-state index contributed by atoms with van der Waals surface area (Å²) in [6, 6.07) is 9.13. The fraction of sp³-hybridized carbons (Fsp3) is 0.182. The van der Waals surface area contributed by atoms with Gasteiger partial charge in [0, 0.05) is 11.6 Å². The average Bonchev–Trinajstić information content (AvgIpc) is 2.62. The highest BCUT2D eigenvalue weighted by atomic mass is 16.4. The topological polar surface area (TPSA) is 54.3 Å². The number of fused-ring (bicyclic) bond motifs is 1. The Kier molecular flexibility index (Phi) is 2.33. The number of carboxylic acid groups (broad SMARTS) is 1. The Labute approximate surface area is 87.1 Å². The molecular weight excluding hydrogens is 192 g/mol. The molecule has 0 aliphatic carbocycles. The van der Waals surface area contributed by atoms with Crippen LogP contribution in [0.25, 0.3) is 10.9 Å². The van der Waals surface area contributed by atoms with Crippen LogP contribution >= 0.6 is 0 Å². The van der Waals surface area contributed by atoms with Crippen LogP contribution in [-0.4, -0.2) is 21.8 Å². The Morgan fingerprint density at radius 2 is 2.13 bits per heavy atom. The number of carbonyl (C=O) groups is 1. The minimum Gasteiger partial charge on any atom is -0.480 e. The zero-order valence-corrected chi connectivity index (χ0v) is 8.34. The molecule has 0 saturated heterocycles. The van der Waals surface area contributed by atoms with Gasteiger partial charge in [0.05, 0.1) is 5.52 Å². The van der Waals surface area contributed by atoms with Gasteiger partial charge in [0.25, 0.3) is 0 Å². The van der Waals surface area contributed by atoms with Crippen molar-refractivity contribution in [2.75, 3.05) is 5.43 Å². The molecule has 4 heteroatoms. The molecule has 1 unspecified atom stereocenters. The van der Waals surface area contributed by atoms with Gasteiger partial charge < -0.3 is 10.5 Å². The summed E-state index contributed by atoms with van der Waals surface area (Å²) >= 11 is 0. The Bertz CT molecular complexity index is 490. The van der Waals surface area contributed by atoms with Crippen LogP contribution in [0.2, 0.25) is 0 Å². The van der Waals surface area contributed by atoms with Crippen molar-refractivity contribution in [2.24, 2.45) is 0 Å². The van der Waals surface area contributed by atoms with Gasteiger partial charge in [-0.3, -0.25) is 4.68 Å². The first-order valence-electron chi connectivity index (χ1n) is 4.74. The van der Waals surface area contributed by atoms with E-state index in [2.05, 4.69) is 5.43 Å². The molecule has 1 atom stereocenters. The van der Waals surface area contributed by atoms with Crippen molar-refractivity contribution < 1.29 is 9.90 Å². The summed E-state index contributed by atoms with van der Waals surface area (Å²) < 4.78 is 1.73. The molecule has 1 aromatic carbocycles. The number of carboxylic acids is 1. The summed E-state index contributed by atoms with van der Waals surface area (Å²) in [6.45, 7) is 1.61. The molecule has 0 aliphatic heterocycles. The normalized spacial score (nSPS) is 12.6. The number of aliphatic carboxylic acids is 1. The third-order valence-corrected chi connectivity index (χ3v) is 2.30. The van der Waals surface area contributed by atoms with Crippen molar-refractivity contribution in [1.82, 2.24) is 4.68 Å². The van der Waals surface area contributed by atoms with Crippen LogP contribution in [0, 0.1) is 0 Å². The van der Waals surface area contributed by atoms with E-state index in [-0.39, 0.29) is 0 Å². The molecule has 0 saturated carbocycles. The third-order valence-electron chi connectivity index (χ3n) is 2.30. The van der Waals surface area contributed by atoms with Gasteiger partial charge in [-0.2, -0.15) is 0 Å². The molecule has 15 heavy (non-hydrogen) atoms. The third kappa shape index (κ3) is 1.79. The first-order valence-corrected chi connectivity index (χ1v) is 4.74. The van der Waals surface area contributed by atoms with Crippen molar-refractivity contribution in [3.05, 3.63) is 36.5 Å². The average molecular weight is 204 g/mol. The maximum absolute atomic E-state index is 10.7. The Morgan fingerprint density at radius 1 is 1.40 bits per heavy atom. The summed E-state index contributed by atoms with van der Waals surface area (Å²) in [5, 5.41) is 9.86. The lowest BCUT2D eigenvalue weighted by atomic mass is 10.3. The van der Waals surface area contributed by atoms with E-state index in [9.17, 15) is 4.79 Å². The van der Waals surface area contributed by atoms with Crippen LogP contribution in [0.1, 0.15) is 6.92 Å². The predicted octanol–water partition coefficient (Wildman–Crippen LogP) is 1.66. The number of hydrogen-bond donors (Lipinski definition) is 2. The van der Waals surface area contributed by atoms with E-state index in [1.54, 1.807) is 11.6 Å². The van der Waals surface area contributed by atoms with E-state index >= 15 is 0 Å². The highest BCUT2D eigenvalue weighted by Gasteiger charge is 2.10. The number of nitrogens with zero attached hydrogens (tertiary/aromatic N) is 1. The predicted molar refractivity (Wildman–Crippen MR) is 58.4 cm³/mol. The molecule has 2 rings (SSSR count). The molecule has 0 fully saturated rings. The summed E-state index contributed by atoms with van der Waals surface area (Å²) in [5.74, 6) is -0.868.